The molecule has 21 heavy (non-hydrogen) atoms. The number of hydrogen-bond donors (Lipinski definition) is 1. The van der Waals surface area contributed by atoms with E-state index in [0.29, 0.717) is 0 Å². The number of ether oxygens (including phenoxy) is 1. The number of nitrogens with zero attached hydrogens (tertiary/aromatic N) is 1. The maximum atomic E-state index is 5.41. The fraction of sp³-hybridized carbons (Fsp3) is 0.235. The normalized spacial score (nSPS) is 10.0. The maximum Gasteiger partial charge on any atom is 0.169 e. The second-order valence-corrected chi connectivity index (χ2v) is 5.24. The first-order valence-corrected chi connectivity index (χ1v) is 7.25. The van der Waals surface area contributed by atoms with E-state index < -0.39 is 0 Å². The molecule has 0 aromatic heterocycles. The number of nitrogens with one attached hydrogen (secondary N) is 1. The Morgan fingerprint density at radius 2 is 1.71 bits per heavy atom. The Labute approximate surface area is 131 Å². The molecule has 2 rings (SSSR count). The zero-order valence-electron chi connectivity index (χ0n) is 12.4. The number of methoxy groups -OCH3 is 1. The monoisotopic (exact) mass is 300 g/mol. The van der Waals surface area contributed by atoms with Crippen molar-refractivity contribution in [2.75, 3.05) is 14.2 Å². The lowest BCUT2D eigenvalue weighted by Gasteiger charge is -2.21. The van der Waals surface area contributed by atoms with Crippen molar-refractivity contribution in [1.82, 2.24) is 10.2 Å². The zero-order chi connectivity index (χ0) is 15.1. The van der Waals surface area contributed by atoms with E-state index in [1.165, 1.54) is 11.1 Å². The van der Waals surface area contributed by atoms with E-state index in [2.05, 4.69) is 29.6 Å². The molecule has 0 saturated carbocycles. The third kappa shape index (κ3) is 4.76. The van der Waals surface area contributed by atoms with Crippen molar-refractivity contribution >= 4 is 17.3 Å². The first-order valence-electron chi connectivity index (χ1n) is 6.85. The molecule has 0 bridgehead atoms. The predicted octanol–water partition coefficient (Wildman–Crippen LogP) is 3.20. The number of benzene rings is 2. The van der Waals surface area contributed by atoms with Gasteiger partial charge in [-0.1, -0.05) is 42.5 Å². The van der Waals surface area contributed by atoms with Crippen molar-refractivity contribution in [3.63, 3.8) is 0 Å². The Morgan fingerprint density at radius 1 is 1.05 bits per heavy atom. The van der Waals surface area contributed by atoms with Crippen LogP contribution in [-0.4, -0.2) is 24.2 Å². The average Bonchev–Trinajstić information content (AvgIpc) is 2.54. The van der Waals surface area contributed by atoms with Gasteiger partial charge in [0, 0.05) is 20.1 Å². The van der Waals surface area contributed by atoms with Crippen molar-refractivity contribution < 1.29 is 4.74 Å². The molecule has 0 spiro atoms. The Kier molecular flexibility index (Phi) is 5.58. The molecule has 2 aromatic carbocycles. The van der Waals surface area contributed by atoms with Crippen molar-refractivity contribution in [2.45, 2.75) is 13.1 Å². The van der Waals surface area contributed by atoms with Gasteiger partial charge in [0.1, 0.15) is 5.75 Å². The minimum absolute atomic E-state index is 0.743. The average molecular weight is 300 g/mol. The van der Waals surface area contributed by atoms with Gasteiger partial charge in [-0.25, -0.2) is 0 Å². The molecule has 0 saturated heterocycles. The summed E-state index contributed by atoms with van der Waals surface area (Å²) in [7, 11) is 3.66. The van der Waals surface area contributed by atoms with Crippen molar-refractivity contribution in [2.24, 2.45) is 0 Å². The van der Waals surface area contributed by atoms with Crippen LogP contribution in [0.3, 0.4) is 0 Å². The van der Waals surface area contributed by atoms with Crippen LogP contribution in [0.4, 0.5) is 0 Å². The van der Waals surface area contributed by atoms with Crippen molar-refractivity contribution in [3.8, 4) is 5.75 Å². The number of thiocarbonyl (C=S) groups is 1. The summed E-state index contributed by atoms with van der Waals surface area (Å²) >= 11 is 5.41. The minimum atomic E-state index is 0.743. The lowest BCUT2D eigenvalue weighted by Crippen LogP contribution is -2.36. The van der Waals surface area contributed by atoms with Gasteiger partial charge in [-0.2, -0.15) is 0 Å². The predicted molar refractivity (Wildman–Crippen MR) is 90.3 cm³/mol. The van der Waals surface area contributed by atoms with E-state index in [-0.39, 0.29) is 0 Å². The van der Waals surface area contributed by atoms with Gasteiger partial charge < -0.3 is 15.0 Å². The topological polar surface area (TPSA) is 24.5 Å². The van der Waals surface area contributed by atoms with Gasteiger partial charge in [-0.3, -0.25) is 0 Å². The third-order valence-corrected chi connectivity index (χ3v) is 3.67. The van der Waals surface area contributed by atoms with E-state index in [0.717, 1.165) is 24.0 Å². The number of rotatable bonds is 5. The molecule has 0 heterocycles. The van der Waals surface area contributed by atoms with Gasteiger partial charge in [0.05, 0.1) is 7.11 Å². The number of hydrogen-bond acceptors (Lipinski definition) is 2. The lowest BCUT2D eigenvalue weighted by molar-refractivity contribution is 0.414. The van der Waals surface area contributed by atoms with E-state index in [9.17, 15) is 0 Å². The molecule has 0 radical (unpaired) electrons. The minimum Gasteiger partial charge on any atom is -0.497 e. The Balaban J connectivity index is 1.84. The molecule has 0 aliphatic heterocycles. The van der Waals surface area contributed by atoms with E-state index in [1.807, 2.05) is 42.3 Å². The van der Waals surface area contributed by atoms with Crippen LogP contribution in [0.2, 0.25) is 0 Å². The highest BCUT2D eigenvalue weighted by atomic mass is 32.1. The van der Waals surface area contributed by atoms with Crippen molar-refractivity contribution in [3.05, 3.63) is 65.7 Å². The van der Waals surface area contributed by atoms with E-state index in [1.54, 1.807) is 7.11 Å². The van der Waals surface area contributed by atoms with Crippen LogP contribution < -0.4 is 10.1 Å². The summed E-state index contributed by atoms with van der Waals surface area (Å²) in [6.45, 7) is 1.51. The Bertz CT molecular complexity index is 569. The summed E-state index contributed by atoms with van der Waals surface area (Å²) in [6.07, 6.45) is 0. The summed E-state index contributed by atoms with van der Waals surface area (Å²) in [5, 5.41) is 4.02. The van der Waals surface area contributed by atoms with Crippen LogP contribution in [0.25, 0.3) is 0 Å². The fourth-order valence-electron chi connectivity index (χ4n) is 1.99. The molecular formula is C17H20N2OS. The van der Waals surface area contributed by atoms with Crippen LogP contribution in [-0.2, 0) is 13.1 Å². The van der Waals surface area contributed by atoms with E-state index >= 15 is 0 Å². The molecule has 0 aliphatic carbocycles. The fourth-order valence-corrected chi connectivity index (χ4v) is 2.12. The van der Waals surface area contributed by atoms with Gasteiger partial charge in [0.25, 0.3) is 0 Å². The molecule has 1 N–H and O–H groups in total. The van der Waals surface area contributed by atoms with Crippen LogP contribution in [0.5, 0.6) is 5.75 Å². The van der Waals surface area contributed by atoms with Gasteiger partial charge in [0.2, 0.25) is 0 Å². The molecule has 0 aliphatic rings. The van der Waals surface area contributed by atoms with E-state index in [4.69, 9.17) is 17.0 Å². The molecular weight excluding hydrogens is 280 g/mol. The summed E-state index contributed by atoms with van der Waals surface area (Å²) in [5.41, 5.74) is 2.42. The smallest absolute Gasteiger partial charge is 0.169 e. The molecule has 3 nitrogen and oxygen atoms in total. The zero-order valence-corrected chi connectivity index (χ0v) is 13.2. The van der Waals surface area contributed by atoms with Gasteiger partial charge in [-0.15, -0.1) is 0 Å². The molecule has 110 valence electrons. The van der Waals surface area contributed by atoms with Gasteiger partial charge in [-0.05, 0) is 35.5 Å². The SMILES string of the molecule is COc1ccc(CN(C)C(=S)NCc2ccccc2)cc1. The quantitative estimate of drug-likeness (QED) is 0.857. The second-order valence-electron chi connectivity index (χ2n) is 4.85. The van der Waals surface area contributed by atoms with Crippen LogP contribution in [0, 0.1) is 0 Å². The molecule has 0 amide bonds. The standard InChI is InChI=1S/C17H20N2OS/c1-19(13-15-8-10-16(20-2)11-9-15)17(21)18-12-14-6-4-3-5-7-14/h3-11H,12-13H2,1-2H3,(H,18,21). The summed E-state index contributed by atoms with van der Waals surface area (Å²) in [5.74, 6) is 0.867. The van der Waals surface area contributed by atoms with Gasteiger partial charge >= 0.3 is 0 Å². The Hall–Kier alpha value is -2.07. The summed E-state index contributed by atoms with van der Waals surface area (Å²) in [4.78, 5) is 2.03. The largest absolute Gasteiger partial charge is 0.497 e. The van der Waals surface area contributed by atoms with Crippen molar-refractivity contribution in [1.29, 1.82) is 0 Å². The third-order valence-electron chi connectivity index (χ3n) is 3.21. The Morgan fingerprint density at radius 3 is 2.33 bits per heavy atom. The summed E-state index contributed by atoms with van der Waals surface area (Å²) in [6, 6.07) is 18.3. The summed E-state index contributed by atoms with van der Waals surface area (Å²) < 4.78 is 5.16. The first-order chi connectivity index (χ1) is 10.2. The highest BCUT2D eigenvalue weighted by molar-refractivity contribution is 7.80. The molecule has 0 unspecified atom stereocenters. The van der Waals surface area contributed by atoms with Crippen LogP contribution >= 0.6 is 12.2 Å². The highest BCUT2D eigenvalue weighted by Gasteiger charge is 2.05. The van der Waals surface area contributed by atoms with Crippen LogP contribution in [0.15, 0.2) is 54.6 Å². The van der Waals surface area contributed by atoms with Crippen LogP contribution in [0.1, 0.15) is 11.1 Å². The first kappa shape index (κ1) is 15.3. The van der Waals surface area contributed by atoms with Gasteiger partial charge in [0.15, 0.2) is 5.11 Å². The second kappa shape index (κ2) is 7.64. The lowest BCUT2D eigenvalue weighted by atomic mass is 10.2. The molecule has 4 heteroatoms. The highest BCUT2D eigenvalue weighted by Crippen LogP contribution is 2.12. The molecule has 0 fully saturated rings. The maximum absolute atomic E-state index is 5.41. The molecule has 0 atom stereocenters. The molecule has 2 aromatic rings.